The van der Waals surface area contributed by atoms with Crippen molar-refractivity contribution in [1.29, 1.82) is 5.26 Å². The smallest absolute Gasteiger partial charge is 0.128 e. The molecule has 0 saturated carbocycles. The number of nitriles is 1. The van der Waals surface area contributed by atoms with Crippen LogP contribution in [0.3, 0.4) is 0 Å². The van der Waals surface area contributed by atoms with E-state index in [1.54, 1.807) is 24.7 Å². The van der Waals surface area contributed by atoms with Crippen LogP contribution in [0, 0.1) is 11.3 Å². The standard InChI is InChI=1S/C15H14N4O/c16-9-12-1-2-15(18-10-12)19-8-5-14(11-19)20-13-3-6-17-7-4-13/h1-4,6-7,10,14H,5,8,11H2/t14-/m1/s1. The molecule has 2 aromatic rings. The Morgan fingerprint density at radius 2 is 2.10 bits per heavy atom. The fourth-order valence-corrected chi connectivity index (χ4v) is 2.28. The van der Waals surface area contributed by atoms with Gasteiger partial charge in [-0.3, -0.25) is 4.98 Å². The zero-order chi connectivity index (χ0) is 13.8. The van der Waals surface area contributed by atoms with Crippen molar-refractivity contribution >= 4 is 5.82 Å². The van der Waals surface area contributed by atoms with Crippen LogP contribution in [0.2, 0.25) is 0 Å². The van der Waals surface area contributed by atoms with Crippen LogP contribution in [0.5, 0.6) is 5.75 Å². The summed E-state index contributed by atoms with van der Waals surface area (Å²) in [5.41, 5.74) is 0.581. The average molecular weight is 266 g/mol. The maximum Gasteiger partial charge on any atom is 0.128 e. The van der Waals surface area contributed by atoms with Crippen molar-refractivity contribution in [3.8, 4) is 11.8 Å². The third-order valence-electron chi connectivity index (χ3n) is 3.30. The van der Waals surface area contributed by atoms with Gasteiger partial charge in [0.25, 0.3) is 0 Å². The van der Waals surface area contributed by atoms with E-state index in [9.17, 15) is 0 Å². The Labute approximate surface area is 117 Å². The lowest BCUT2D eigenvalue weighted by molar-refractivity contribution is 0.224. The Balaban J connectivity index is 1.63. The van der Waals surface area contributed by atoms with Crippen LogP contribution >= 0.6 is 0 Å². The largest absolute Gasteiger partial charge is 0.488 e. The zero-order valence-corrected chi connectivity index (χ0v) is 10.9. The summed E-state index contributed by atoms with van der Waals surface area (Å²) in [5.74, 6) is 1.74. The number of rotatable bonds is 3. The number of hydrogen-bond acceptors (Lipinski definition) is 5. The molecule has 3 rings (SSSR count). The minimum atomic E-state index is 0.162. The highest BCUT2D eigenvalue weighted by Crippen LogP contribution is 2.21. The van der Waals surface area contributed by atoms with Gasteiger partial charge in [0.05, 0.1) is 12.1 Å². The van der Waals surface area contributed by atoms with Crippen LogP contribution in [0.1, 0.15) is 12.0 Å². The Kier molecular flexibility index (Phi) is 3.46. The molecule has 0 aromatic carbocycles. The van der Waals surface area contributed by atoms with Gasteiger partial charge in [-0.2, -0.15) is 5.26 Å². The van der Waals surface area contributed by atoms with E-state index in [0.717, 1.165) is 31.1 Å². The van der Waals surface area contributed by atoms with E-state index in [4.69, 9.17) is 10.00 Å². The number of pyridine rings is 2. The van der Waals surface area contributed by atoms with Crippen molar-refractivity contribution in [1.82, 2.24) is 9.97 Å². The molecule has 0 spiro atoms. The molecule has 0 radical (unpaired) electrons. The highest BCUT2D eigenvalue weighted by atomic mass is 16.5. The van der Waals surface area contributed by atoms with Crippen LogP contribution in [0.25, 0.3) is 0 Å². The number of hydrogen-bond donors (Lipinski definition) is 0. The van der Waals surface area contributed by atoms with Crippen LogP contribution in [-0.2, 0) is 0 Å². The first kappa shape index (κ1) is 12.4. The first-order valence-electron chi connectivity index (χ1n) is 6.53. The topological polar surface area (TPSA) is 62.0 Å². The number of anilines is 1. The van der Waals surface area contributed by atoms with Crippen LogP contribution in [0.4, 0.5) is 5.82 Å². The van der Waals surface area contributed by atoms with Crippen molar-refractivity contribution in [2.24, 2.45) is 0 Å². The molecule has 5 nitrogen and oxygen atoms in total. The van der Waals surface area contributed by atoms with Gasteiger partial charge in [-0.25, -0.2) is 4.98 Å². The second-order valence-electron chi connectivity index (χ2n) is 4.67. The minimum Gasteiger partial charge on any atom is -0.488 e. The Hall–Kier alpha value is -2.61. The Morgan fingerprint density at radius 1 is 1.25 bits per heavy atom. The van der Waals surface area contributed by atoms with Crippen LogP contribution in [0.15, 0.2) is 42.9 Å². The van der Waals surface area contributed by atoms with Gasteiger partial charge in [0.15, 0.2) is 0 Å². The van der Waals surface area contributed by atoms with Crippen molar-refractivity contribution in [3.05, 3.63) is 48.4 Å². The molecule has 0 bridgehead atoms. The molecule has 1 aliphatic heterocycles. The monoisotopic (exact) mass is 266 g/mol. The second-order valence-corrected chi connectivity index (χ2v) is 4.67. The van der Waals surface area contributed by atoms with Gasteiger partial charge in [0, 0.05) is 31.6 Å². The summed E-state index contributed by atoms with van der Waals surface area (Å²) in [4.78, 5) is 10.5. The van der Waals surface area contributed by atoms with E-state index in [1.165, 1.54) is 0 Å². The van der Waals surface area contributed by atoms with Gasteiger partial charge < -0.3 is 9.64 Å². The number of nitrogens with zero attached hydrogens (tertiary/aromatic N) is 4. The predicted octanol–water partition coefficient (Wildman–Crippen LogP) is 2.01. The molecule has 2 aromatic heterocycles. The van der Waals surface area contributed by atoms with Gasteiger partial charge in [0.1, 0.15) is 23.7 Å². The molecular formula is C15H14N4O. The van der Waals surface area contributed by atoms with Gasteiger partial charge in [-0.15, -0.1) is 0 Å². The molecule has 1 fully saturated rings. The van der Waals surface area contributed by atoms with E-state index in [2.05, 4.69) is 20.9 Å². The molecule has 1 atom stereocenters. The second kappa shape index (κ2) is 5.57. The normalized spacial score (nSPS) is 17.8. The Bertz CT molecular complexity index is 606. The summed E-state index contributed by atoms with van der Waals surface area (Å²) >= 11 is 0. The maximum atomic E-state index is 8.77. The molecule has 100 valence electrons. The molecule has 0 amide bonds. The molecule has 3 heterocycles. The lowest BCUT2D eigenvalue weighted by Gasteiger charge is -2.17. The van der Waals surface area contributed by atoms with Crippen molar-refractivity contribution < 1.29 is 4.74 Å². The van der Waals surface area contributed by atoms with E-state index < -0.39 is 0 Å². The lowest BCUT2D eigenvalue weighted by atomic mass is 10.3. The van der Waals surface area contributed by atoms with Crippen molar-refractivity contribution in [3.63, 3.8) is 0 Å². The minimum absolute atomic E-state index is 0.162. The predicted molar refractivity (Wildman–Crippen MR) is 74.4 cm³/mol. The van der Waals surface area contributed by atoms with E-state index in [-0.39, 0.29) is 6.10 Å². The van der Waals surface area contributed by atoms with E-state index in [1.807, 2.05) is 18.2 Å². The van der Waals surface area contributed by atoms with Crippen molar-refractivity contribution in [2.45, 2.75) is 12.5 Å². The van der Waals surface area contributed by atoms with Crippen LogP contribution in [-0.4, -0.2) is 29.2 Å². The Morgan fingerprint density at radius 3 is 2.80 bits per heavy atom. The lowest BCUT2D eigenvalue weighted by Crippen LogP contribution is -2.25. The average Bonchev–Trinajstić information content (AvgIpc) is 2.97. The molecule has 5 heteroatoms. The third kappa shape index (κ3) is 2.69. The molecule has 1 aliphatic rings. The SMILES string of the molecule is N#Cc1ccc(N2CC[C@@H](Oc3ccncc3)C2)nc1. The summed E-state index contributed by atoms with van der Waals surface area (Å²) in [5, 5.41) is 8.77. The molecule has 0 N–H and O–H groups in total. The molecule has 0 unspecified atom stereocenters. The van der Waals surface area contributed by atoms with Gasteiger partial charge in [-0.05, 0) is 24.3 Å². The fraction of sp³-hybridized carbons (Fsp3) is 0.267. The molecule has 20 heavy (non-hydrogen) atoms. The first-order chi connectivity index (χ1) is 9.85. The van der Waals surface area contributed by atoms with Gasteiger partial charge >= 0.3 is 0 Å². The van der Waals surface area contributed by atoms with Crippen molar-refractivity contribution in [2.75, 3.05) is 18.0 Å². The quantitative estimate of drug-likeness (QED) is 0.850. The summed E-state index contributed by atoms with van der Waals surface area (Å²) in [6.45, 7) is 1.72. The summed E-state index contributed by atoms with van der Waals surface area (Å²) < 4.78 is 5.91. The molecular weight excluding hydrogens is 252 g/mol. The third-order valence-corrected chi connectivity index (χ3v) is 3.30. The van der Waals surface area contributed by atoms with Gasteiger partial charge in [0.2, 0.25) is 0 Å². The zero-order valence-electron chi connectivity index (χ0n) is 10.9. The molecule has 1 saturated heterocycles. The summed E-state index contributed by atoms with van der Waals surface area (Å²) in [6, 6.07) is 9.48. The molecule has 0 aliphatic carbocycles. The maximum absolute atomic E-state index is 8.77. The fourth-order valence-electron chi connectivity index (χ4n) is 2.28. The van der Waals surface area contributed by atoms with E-state index >= 15 is 0 Å². The highest BCUT2D eigenvalue weighted by molar-refractivity contribution is 5.43. The summed E-state index contributed by atoms with van der Waals surface area (Å²) in [7, 11) is 0. The number of aromatic nitrogens is 2. The first-order valence-corrected chi connectivity index (χ1v) is 6.53. The van der Waals surface area contributed by atoms with E-state index in [0.29, 0.717) is 5.56 Å². The van der Waals surface area contributed by atoms with Crippen LogP contribution < -0.4 is 9.64 Å². The highest BCUT2D eigenvalue weighted by Gasteiger charge is 2.24. The number of ether oxygens (including phenoxy) is 1. The van der Waals surface area contributed by atoms with Gasteiger partial charge in [-0.1, -0.05) is 0 Å². The summed E-state index contributed by atoms with van der Waals surface area (Å²) in [6.07, 6.45) is 6.18.